The van der Waals surface area contributed by atoms with Gasteiger partial charge in [0.25, 0.3) is 0 Å². The molecule has 1 aliphatic heterocycles. The molecule has 0 bridgehead atoms. The van der Waals surface area contributed by atoms with E-state index < -0.39 is 0 Å². The third-order valence-electron chi connectivity index (χ3n) is 5.02. The average molecular weight is 289 g/mol. The van der Waals surface area contributed by atoms with Gasteiger partial charge in [0, 0.05) is 12.6 Å². The fourth-order valence-electron chi connectivity index (χ4n) is 3.59. The van der Waals surface area contributed by atoms with Crippen molar-refractivity contribution in [3.05, 3.63) is 33.9 Å². The summed E-state index contributed by atoms with van der Waals surface area (Å²) in [6.45, 7) is 13.2. The van der Waals surface area contributed by atoms with Crippen molar-refractivity contribution in [2.75, 3.05) is 13.2 Å². The Hall–Kier alpha value is -0.860. The molecule has 118 valence electrons. The number of aryl methyl sites for hydroxylation is 2. The van der Waals surface area contributed by atoms with Crippen molar-refractivity contribution in [2.24, 2.45) is 0 Å². The third-order valence-corrected chi connectivity index (χ3v) is 5.02. The molecule has 0 radical (unpaired) electrons. The molecule has 0 aliphatic carbocycles. The minimum atomic E-state index is 0.456. The van der Waals surface area contributed by atoms with Crippen molar-refractivity contribution in [3.8, 4) is 0 Å². The van der Waals surface area contributed by atoms with E-state index in [1.54, 1.807) is 0 Å². The van der Waals surface area contributed by atoms with Gasteiger partial charge in [-0.15, -0.1) is 0 Å². The molecule has 2 atom stereocenters. The second-order valence-electron chi connectivity index (χ2n) is 6.50. The van der Waals surface area contributed by atoms with Crippen molar-refractivity contribution in [1.29, 1.82) is 0 Å². The first kappa shape index (κ1) is 16.5. The lowest BCUT2D eigenvalue weighted by molar-refractivity contribution is 0.0996. The van der Waals surface area contributed by atoms with Gasteiger partial charge in [-0.2, -0.15) is 0 Å². The lowest BCUT2D eigenvalue weighted by Crippen LogP contribution is -2.24. The van der Waals surface area contributed by atoms with Crippen molar-refractivity contribution in [3.63, 3.8) is 0 Å². The fourth-order valence-corrected chi connectivity index (χ4v) is 3.59. The molecule has 0 saturated carbocycles. The third kappa shape index (κ3) is 3.87. The highest BCUT2D eigenvalue weighted by molar-refractivity contribution is 5.45. The van der Waals surface area contributed by atoms with Gasteiger partial charge >= 0.3 is 0 Å². The lowest BCUT2D eigenvalue weighted by Gasteiger charge is -2.26. The molecule has 2 heteroatoms. The normalized spacial score (nSPS) is 20.0. The van der Waals surface area contributed by atoms with Gasteiger partial charge in [0.15, 0.2) is 0 Å². The van der Waals surface area contributed by atoms with Crippen LogP contribution in [0.25, 0.3) is 0 Å². The lowest BCUT2D eigenvalue weighted by atomic mass is 9.87. The maximum atomic E-state index is 5.80. The molecule has 1 saturated heterocycles. The Balaban J connectivity index is 2.20. The summed E-state index contributed by atoms with van der Waals surface area (Å²) < 4.78 is 5.80. The molecule has 2 unspecified atom stereocenters. The van der Waals surface area contributed by atoms with E-state index in [4.69, 9.17) is 4.74 Å². The van der Waals surface area contributed by atoms with Crippen LogP contribution >= 0.6 is 0 Å². The quantitative estimate of drug-likeness (QED) is 0.830. The Morgan fingerprint density at radius 1 is 1.19 bits per heavy atom. The molecule has 21 heavy (non-hydrogen) atoms. The van der Waals surface area contributed by atoms with Crippen LogP contribution in [-0.2, 0) is 4.74 Å². The zero-order valence-corrected chi connectivity index (χ0v) is 14.4. The molecule has 1 aromatic rings. The van der Waals surface area contributed by atoms with Crippen LogP contribution in [0, 0.1) is 27.7 Å². The first-order chi connectivity index (χ1) is 10.0. The fraction of sp³-hybridized carbons (Fsp3) is 0.684. The van der Waals surface area contributed by atoms with Gasteiger partial charge in [-0.1, -0.05) is 13.0 Å². The number of nitrogens with one attached hydrogen (secondary N) is 1. The molecular weight excluding hydrogens is 258 g/mol. The summed E-state index contributed by atoms with van der Waals surface area (Å²) in [5.74, 6) is 0. The predicted octanol–water partition coefficient (Wildman–Crippen LogP) is 4.53. The number of ether oxygens (including phenoxy) is 1. The Morgan fingerprint density at radius 2 is 1.86 bits per heavy atom. The Kier molecular flexibility index (Phi) is 5.83. The maximum absolute atomic E-state index is 5.80. The van der Waals surface area contributed by atoms with Crippen LogP contribution in [0.5, 0.6) is 0 Å². The Morgan fingerprint density at radius 3 is 2.38 bits per heavy atom. The zero-order valence-electron chi connectivity index (χ0n) is 14.4. The second-order valence-corrected chi connectivity index (χ2v) is 6.50. The first-order valence-corrected chi connectivity index (χ1v) is 8.46. The van der Waals surface area contributed by atoms with Crippen molar-refractivity contribution >= 4 is 0 Å². The summed E-state index contributed by atoms with van der Waals surface area (Å²) in [7, 11) is 0. The van der Waals surface area contributed by atoms with Crippen LogP contribution in [0.4, 0.5) is 0 Å². The van der Waals surface area contributed by atoms with Crippen LogP contribution in [-0.4, -0.2) is 19.3 Å². The molecule has 1 N–H and O–H groups in total. The smallest absolute Gasteiger partial charge is 0.0576 e. The summed E-state index contributed by atoms with van der Waals surface area (Å²) in [4.78, 5) is 0. The summed E-state index contributed by atoms with van der Waals surface area (Å²) in [6.07, 6.45) is 5.30. The first-order valence-electron chi connectivity index (χ1n) is 8.46. The van der Waals surface area contributed by atoms with E-state index in [-0.39, 0.29) is 0 Å². The monoisotopic (exact) mass is 289 g/mol. The topological polar surface area (TPSA) is 21.3 Å². The molecule has 0 amide bonds. The van der Waals surface area contributed by atoms with Gasteiger partial charge in [-0.25, -0.2) is 0 Å². The number of benzene rings is 1. The summed E-state index contributed by atoms with van der Waals surface area (Å²) >= 11 is 0. The van der Waals surface area contributed by atoms with Gasteiger partial charge in [0.05, 0.1) is 6.10 Å². The number of hydrogen-bond acceptors (Lipinski definition) is 2. The maximum Gasteiger partial charge on any atom is 0.0576 e. The standard InChI is InChI=1S/C19H31NO/c1-6-20-18(10-9-17-8-7-11-21-17)19-15(4)13(2)12-14(3)16(19)5/h12,17-18,20H,6-11H2,1-5H3. The van der Waals surface area contributed by atoms with Crippen molar-refractivity contribution < 1.29 is 4.74 Å². The van der Waals surface area contributed by atoms with E-state index in [1.165, 1.54) is 53.5 Å². The van der Waals surface area contributed by atoms with Gasteiger partial charge in [0.2, 0.25) is 0 Å². The minimum Gasteiger partial charge on any atom is -0.378 e. The van der Waals surface area contributed by atoms with Crippen molar-refractivity contribution in [1.82, 2.24) is 5.32 Å². The second kappa shape index (κ2) is 7.42. The van der Waals surface area contributed by atoms with E-state index >= 15 is 0 Å². The zero-order chi connectivity index (χ0) is 15.4. The minimum absolute atomic E-state index is 0.456. The highest BCUT2D eigenvalue weighted by Crippen LogP contribution is 2.31. The van der Waals surface area contributed by atoms with E-state index in [1.807, 2.05) is 0 Å². The largest absolute Gasteiger partial charge is 0.378 e. The van der Waals surface area contributed by atoms with Crippen LogP contribution in [0.3, 0.4) is 0 Å². The average Bonchev–Trinajstić information content (AvgIpc) is 2.96. The molecular formula is C19H31NO. The van der Waals surface area contributed by atoms with Crippen LogP contribution in [0.15, 0.2) is 6.07 Å². The molecule has 1 fully saturated rings. The predicted molar refractivity (Wildman–Crippen MR) is 90.0 cm³/mol. The van der Waals surface area contributed by atoms with E-state index in [9.17, 15) is 0 Å². The summed E-state index contributed by atoms with van der Waals surface area (Å²) in [6, 6.07) is 2.77. The van der Waals surface area contributed by atoms with Crippen molar-refractivity contribution in [2.45, 2.75) is 72.4 Å². The summed E-state index contributed by atoms with van der Waals surface area (Å²) in [5, 5.41) is 3.70. The molecule has 1 aromatic carbocycles. The highest BCUT2D eigenvalue weighted by Gasteiger charge is 2.21. The number of hydrogen-bond donors (Lipinski definition) is 1. The molecule has 1 aliphatic rings. The summed E-state index contributed by atoms with van der Waals surface area (Å²) in [5.41, 5.74) is 7.25. The Bertz CT molecular complexity index is 449. The molecule has 0 aromatic heterocycles. The van der Waals surface area contributed by atoms with Gasteiger partial charge in [0.1, 0.15) is 0 Å². The van der Waals surface area contributed by atoms with Gasteiger partial charge < -0.3 is 10.1 Å². The van der Waals surface area contributed by atoms with Gasteiger partial charge in [-0.3, -0.25) is 0 Å². The van der Waals surface area contributed by atoms with Crippen LogP contribution < -0.4 is 5.32 Å². The van der Waals surface area contributed by atoms with Crippen LogP contribution in [0.2, 0.25) is 0 Å². The van der Waals surface area contributed by atoms with E-state index in [0.717, 1.165) is 13.2 Å². The van der Waals surface area contributed by atoms with E-state index in [2.05, 4.69) is 46.0 Å². The Labute approximate surface area is 130 Å². The SMILES string of the molecule is CCNC(CCC1CCCO1)c1c(C)c(C)cc(C)c1C. The number of rotatable bonds is 6. The van der Waals surface area contributed by atoms with Gasteiger partial charge in [-0.05, 0) is 87.7 Å². The highest BCUT2D eigenvalue weighted by atomic mass is 16.5. The molecule has 2 rings (SSSR count). The molecule has 0 spiro atoms. The van der Waals surface area contributed by atoms with Crippen LogP contribution in [0.1, 0.15) is 66.5 Å². The molecule has 1 heterocycles. The van der Waals surface area contributed by atoms with E-state index in [0.29, 0.717) is 12.1 Å². The molecule has 2 nitrogen and oxygen atoms in total.